The highest BCUT2D eigenvalue weighted by Crippen LogP contribution is 2.22. The number of benzene rings is 2. The number of anilines is 1. The maximum absolute atomic E-state index is 13.8. The standard InChI is InChI=1S/C19H18ClFN2O2/c1-13-5-7-14(8-6-13)23-10-9-22(12-19(23)25)18(24)11-15-16(20)3-2-4-17(15)21/h2-8H,9-12H2,1H3. The Hall–Kier alpha value is -2.40. The minimum atomic E-state index is -0.509. The molecule has 4 nitrogen and oxygen atoms in total. The number of halogens is 2. The van der Waals surface area contributed by atoms with Gasteiger partial charge >= 0.3 is 0 Å². The van der Waals surface area contributed by atoms with Crippen LogP contribution in [0.25, 0.3) is 0 Å². The van der Waals surface area contributed by atoms with Gasteiger partial charge in [0.15, 0.2) is 0 Å². The molecule has 0 atom stereocenters. The second-order valence-electron chi connectivity index (χ2n) is 6.07. The third-order valence-corrected chi connectivity index (χ3v) is 4.66. The minimum Gasteiger partial charge on any atom is -0.331 e. The maximum atomic E-state index is 13.8. The first-order valence-electron chi connectivity index (χ1n) is 8.03. The van der Waals surface area contributed by atoms with Crippen molar-refractivity contribution in [2.75, 3.05) is 24.5 Å². The molecule has 3 rings (SSSR count). The Bertz CT molecular complexity index is 787. The summed E-state index contributed by atoms with van der Waals surface area (Å²) >= 11 is 5.97. The highest BCUT2D eigenvalue weighted by molar-refractivity contribution is 6.31. The molecule has 0 unspecified atom stereocenters. The van der Waals surface area contributed by atoms with Crippen molar-refractivity contribution in [2.45, 2.75) is 13.3 Å². The van der Waals surface area contributed by atoms with Crippen molar-refractivity contribution in [1.82, 2.24) is 4.90 Å². The molecule has 1 heterocycles. The molecule has 1 aliphatic heterocycles. The van der Waals surface area contributed by atoms with Crippen molar-refractivity contribution < 1.29 is 14.0 Å². The van der Waals surface area contributed by atoms with Gasteiger partial charge in [-0.1, -0.05) is 35.4 Å². The van der Waals surface area contributed by atoms with Crippen molar-refractivity contribution in [3.63, 3.8) is 0 Å². The van der Waals surface area contributed by atoms with Crippen molar-refractivity contribution in [1.29, 1.82) is 0 Å². The van der Waals surface area contributed by atoms with Crippen LogP contribution >= 0.6 is 11.6 Å². The molecule has 0 aromatic heterocycles. The van der Waals surface area contributed by atoms with Gasteiger partial charge in [0.2, 0.25) is 11.8 Å². The summed E-state index contributed by atoms with van der Waals surface area (Å²) in [4.78, 5) is 28.0. The quantitative estimate of drug-likeness (QED) is 0.843. The zero-order valence-electron chi connectivity index (χ0n) is 13.8. The monoisotopic (exact) mass is 360 g/mol. The Morgan fingerprint density at radius 2 is 1.88 bits per heavy atom. The molecule has 0 aliphatic carbocycles. The number of nitrogens with zero attached hydrogens (tertiary/aromatic N) is 2. The van der Waals surface area contributed by atoms with E-state index in [1.165, 1.54) is 17.0 Å². The second-order valence-corrected chi connectivity index (χ2v) is 6.48. The molecule has 0 saturated carbocycles. The number of piperazine rings is 1. The average Bonchev–Trinajstić information content (AvgIpc) is 2.59. The van der Waals surface area contributed by atoms with Crippen LogP contribution in [0.3, 0.4) is 0 Å². The first kappa shape index (κ1) is 17.4. The lowest BCUT2D eigenvalue weighted by Gasteiger charge is -2.34. The summed E-state index contributed by atoms with van der Waals surface area (Å²) in [6.45, 7) is 2.79. The van der Waals surface area contributed by atoms with Crippen LogP contribution in [0.5, 0.6) is 0 Å². The van der Waals surface area contributed by atoms with Crippen molar-refractivity contribution in [3.8, 4) is 0 Å². The Balaban J connectivity index is 1.67. The minimum absolute atomic E-state index is 0.0151. The predicted octanol–water partition coefficient (Wildman–Crippen LogP) is 3.21. The van der Waals surface area contributed by atoms with Crippen LogP contribution in [0.1, 0.15) is 11.1 Å². The number of amides is 2. The molecule has 130 valence electrons. The Kier molecular flexibility index (Phi) is 5.04. The van der Waals surface area contributed by atoms with Crippen LogP contribution in [0.2, 0.25) is 5.02 Å². The van der Waals surface area contributed by atoms with E-state index in [0.717, 1.165) is 11.3 Å². The van der Waals surface area contributed by atoms with E-state index in [1.54, 1.807) is 11.0 Å². The van der Waals surface area contributed by atoms with E-state index in [2.05, 4.69) is 0 Å². The molecule has 1 saturated heterocycles. The summed E-state index contributed by atoms with van der Waals surface area (Å²) in [5.74, 6) is -0.961. The Morgan fingerprint density at radius 1 is 1.16 bits per heavy atom. The summed E-state index contributed by atoms with van der Waals surface area (Å²) in [7, 11) is 0. The van der Waals surface area contributed by atoms with Gasteiger partial charge in [0.25, 0.3) is 0 Å². The lowest BCUT2D eigenvalue weighted by atomic mass is 10.1. The van der Waals surface area contributed by atoms with Gasteiger partial charge in [0.1, 0.15) is 12.4 Å². The molecule has 0 bridgehead atoms. The lowest BCUT2D eigenvalue weighted by Crippen LogP contribution is -2.52. The molecule has 6 heteroatoms. The SMILES string of the molecule is Cc1ccc(N2CCN(C(=O)Cc3c(F)cccc3Cl)CC2=O)cc1. The number of carbonyl (C=O) groups is 2. The molecule has 1 aliphatic rings. The number of hydrogen-bond donors (Lipinski definition) is 0. The summed E-state index contributed by atoms with van der Waals surface area (Å²) in [6, 6.07) is 12.0. The van der Waals surface area contributed by atoms with Crippen LogP contribution in [-0.2, 0) is 16.0 Å². The van der Waals surface area contributed by atoms with Gasteiger partial charge in [0, 0.05) is 29.4 Å². The summed E-state index contributed by atoms with van der Waals surface area (Å²) in [5.41, 5.74) is 2.11. The maximum Gasteiger partial charge on any atom is 0.246 e. The highest BCUT2D eigenvalue weighted by Gasteiger charge is 2.28. The van der Waals surface area contributed by atoms with Crippen molar-refractivity contribution in [3.05, 3.63) is 64.4 Å². The fraction of sp³-hybridized carbons (Fsp3) is 0.263. The van der Waals surface area contributed by atoms with E-state index in [4.69, 9.17) is 11.6 Å². The normalized spacial score (nSPS) is 14.8. The number of carbonyl (C=O) groups excluding carboxylic acids is 2. The van der Waals surface area contributed by atoms with E-state index < -0.39 is 5.82 Å². The van der Waals surface area contributed by atoms with Gasteiger partial charge in [-0.2, -0.15) is 0 Å². The fourth-order valence-corrected chi connectivity index (χ4v) is 3.08. The van der Waals surface area contributed by atoms with Crippen molar-refractivity contribution in [2.24, 2.45) is 0 Å². The van der Waals surface area contributed by atoms with Gasteiger partial charge < -0.3 is 9.80 Å². The molecular weight excluding hydrogens is 343 g/mol. The second kappa shape index (κ2) is 7.23. The van der Waals surface area contributed by atoms with Gasteiger partial charge in [-0.25, -0.2) is 4.39 Å². The van der Waals surface area contributed by atoms with E-state index in [0.29, 0.717) is 13.1 Å². The Morgan fingerprint density at radius 3 is 2.52 bits per heavy atom. The average molecular weight is 361 g/mol. The molecule has 25 heavy (non-hydrogen) atoms. The molecular formula is C19H18ClFN2O2. The number of rotatable bonds is 3. The van der Waals surface area contributed by atoms with Crippen LogP contribution < -0.4 is 4.90 Å². The molecule has 0 N–H and O–H groups in total. The molecule has 0 spiro atoms. The lowest BCUT2D eigenvalue weighted by molar-refractivity contribution is -0.136. The van der Waals surface area contributed by atoms with Crippen LogP contribution in [-0.4, -0.2) is 36.3 Å². The third-order valence-electron chi connectivity index (χ3n) is 4.31. The molecule has 2 aromatic carbocycles. The van der Waals surface area contributed by atoms with Gasteiger partial charge in [-0.05, 0) is 31.2 Å². The Labute approximate surface area is 150 Å². The third kappa shape index (κ3) is 3.82. The largest absolute Gasteiger partial charge is 0.331 e. The fourth-order valence-electron chi connectivity index (χ4n) is 2.85. The van der Waals surface area contributed by atoms with Crippen molar-refractivity contribution >= 4 is 29.1 Å². The first-order valence-corrected chi connectivity index (χ1v) is 8.41. The summed E-state index contributed by atoms with van der Waals surface area (Å²) in [6.07, 6.45) is -0.149. The van der Waals surface area contributed by atoms with Gasteiger partial charge in [0.05, 0.1) is 6.42 Å². The summed E-state index contributed by atoms with van der Waals surface area (Å²) in [5, 5.41) is 0.220. The first-order chi connectivity index (χ1) is 12.0. The zero-order valence-corrected chi connectivity index (χ0v) is 14.6. The molecule has 0 radical (unpaired) electrons. The van der Waals surface area contributed by atoms with E-state index in [-0.39, 0.29) is 35.4 Å². The molecule has 2 aromatic rings. The molecule has 1 fully saturated rings. The smallest absolute Gasteiger partial charge is 0.246 e. The number of hydrogen-bond acceptors (Lipinski definition) is 2. The highest BCUT2D eigenvalue weighted by atomic mass is 35.5. The van der Waals surface area contributed by atoms with E-state index >= 15 is 0 Å². The molecule has 2 amide bonds. The van der Waals surface area contributed by atoms with E-state index in [1.807, 2.05) is 31.2 Å². The van der Waals surface area contributed by atoms with Crippen LogP contribution in [0.4, 0.5) is 10.1 Å². The van der Waals surface area contributed by atoms with E-state index in [9.17, 15) is 14.0 Å². The van der Waals surface area contributed by atoms with Crippen LogP contribution in [0.15, 0.2) is 42.5 Å². The zero-order chi connectivity index (χ0) is 18.0. The predicted molar refractivity (Wildman–Crippen MR) is 95.2 cm³/mol. The topological polar surface area (TPSA) is 40.6 Å². The van der Waals surface area contributed by atoms with Gasteiger partial charge in [-0.15, -0.1) is 0 Å². The van der Waals surface area contributed by atoms with Crippen LogP contribution in [0, 0.1) is 12.7 Å². The summed E-state index contributed by atoms with van der Waals surface area (Å²) < 4.78 is 13.8. The van der Waals surface area contributed by atoms with Gasteiger partial charge in [-0.3, -0.25) is 9.59 Å². The number of aryl methyl sites for hydroxylation is 1.